The monoisotopic (exact) mass is 225 g/mol. The molecular formula is C12H16FNO2. The first-order valence-corrected chi connectivity index (χ1v) is 5.48. The summed E-state index contributed by atoms with van der Waals surface area (Å²) >= 11 is 0. The highest BCUT2D eigenvalue weighted by Gasteiger charge is 2.21. The number of rotatable bonds is 6. The van der Waals surface area contributed by atoms with Gasteiger partial charge in [-0.25, -0.2) is 4.39 Å². The zero-order valence-electron chi connectivity index (χ0n) is 9.12. The molecule has 2 N–H and O–H groups in total. The first-order valence-electron chi connectivity index (χ1n) is 5.48. The van der Waals surface area contributed by atoms with Crippen LogP contribution >= 0.6 is 0 Å². The van der Waals surface area contributed by atoms with Gasteiger partial charge in [-0.3, -0.25) is 0 Å². The number of nitrogens with two attached hydrogens (primary N) is 1. The molecule has 0 amide bonds. The van der Waals surface area contributed by atoms with Crippen LogP contribution in [-0.2, 0) is 11.3 Å². The summed E-state index contributed by atoms with van der Waals surface area (Å²) in [5.41, 5.74) is 6.16. The van der Waals surface area contributed by atoms with Crippen LogP contribution in [0.25, 0.3) is 0 Å². The Morgan fingerprint density at radius 1 is 1.38 bits per heavy atom. The van der Waals surface area contributed by atoms with Crippen LogP contribution in [0, 0.1) is 11.7 Å². The van der Waals surface area contributed by atoms with Gasteiger partial charge in [-0.2, -0.15) is 0 Å². The van der Waals surface area contributed by atoms with E-state index >= 15 is 0 Å². The molecule has 0 spiro atoms. The standard InChI is InChI=1S/C12H16FNO2/c13-11-3-4-12(10(5-11)6-14)16-8-15-7-9-1-2-9/h3-5,9H,1-2,6-8,14H2. The third-order valence-electron chi connectivity index (χ3n) is 2.59. The van der Waals surface area contributed by atoms with E-state index < -0.39 is 0 Å². The van der Waals surface area contributed by atoms with Crippen molar-refractivity contribution in [3.05, 3.63) is 29.6 Å². The van der Waals surface area contributed by atoms with Gasteiger partial charge in [0, 0.05) is 12.1 Å². The maximum atomic E-state index is 12.9. The van der Waals surface area contributed by atoms with Gasteiger partial charge in [0.05, 0.1) is 6.61 Å². The maximum Gasteiger partial charge on any atom is 0.189 e. The number of benzene rings is 1. The molecule has 1 aromatic rings. The molecule has 0 aliphatic heterocycles. The highest BCUT2D eigenvalue weighted by molar-refractivity contribution is 5.33. The van der Waals surface area contributed by atoms with Crippen LogP contribution in [0.1, 0.15) is 18.4 Å². The molecule has 0 bridgehead atoms. The summed E-state index contributed by atoms with van der Waals surface area (Å²) in [7, 11) is 0. The van der Waals surface area contributed by atoms with Crippen LogP contribution in [0.4, 0.5) is 4.39 Å². The van der Waals surface area contributed by atoms with Gasteiger partial charge in [0.2, 0.25) is 0 Å². The van der Waals surface area contributed by atoms with Crippen LogP contribution in [-0.4, -0.2) is 13.4 Å². The molecule has 1 aliphatic rings. The summed E-state index contributed by atoms with van der Waals surface area (Å²) in [5.74, 6) is 1.01. The number of ether oxygens (including phenoxy) is 2. The van der Waals surface area contributed by atoms with E-state index in [0.717, 1.165) is 6.61 Å². The van der Waals surface area contributed by atoms with Gasteiger partial charge in [-0.1, -0.05) is 0 Å². The van der Waals surface area contributed by atoms with E-state index in [1.807, 2.05) is 0 Å². The van der Waals surface area contributed by atoms with Gasteiger partial charge in [0.1, 0.15) is 11.6 Å². The largest absolute Gasteiger partial charge is 0.467 e. The molecule has 1 saturated carbocycles. The van der Waals surface area contributed by atoms with Crippen molar-refractivity contribution < 1.29 is 13.9 Å². The fourth-order valence-corrected chi connectivity index (χ4v) is 1.45. The molecule has 2 rings (SSSR count). The van der Waals surface area contributed by atoms with Gasteiger partial charge in [-0.15, -0.1) is 0 Å². The van der Waals surface area contributed by atoms with Crippen LogP contribution < -0.4 is 10.5 Å². The number of halogens is 1. The van der Waals surface area contributed by atoms with Crippen molar-refractivity contribution in [2.75, 3.05) is 13.4 Å². The number of hydrogen-bond donors (Lipinski definition) is 1. The topological polar surface area (TPSA) is 44.5 Å². The molecule has 1 aliphatic carbocycles. The zero-order valence-corrected chi connectivity index (χ0v) is 9.12. The van der Waals surface area contributed by atoms with Gasteiger partial charge in [-0.05, 0) is 37.0 Å². The predicted octanol–water partition coefficient (Wildman–Crippen LogP) is 2.05. The minimum atomic E-state index is -0.299. The molecule has 0 unspecified atom stereocenters. The van der Waals surface area contributed by atoms with E-state index in [4.69, 9.17) is 15.2 Å². The normalized spacial score (nSPS) is 15.1. The fourth-order valence-electron chi connectivity index (χ4n) is 1.45. The van der Waals surface area contributed by atoms with Crippen molar-refractivity contribution in [2.24, 2.45) is 11.7 Å². The summed E-state index contributed by atoms with van der Waals surface area (Å²) in [6.45, 7) is 1.21. The Balaban J connectivity index is 1.82. The zero-order chi connectivity index (χ0) is 11.4. The lowest BCUT2D eigenvalue weighted by molar-refractivity contribution is 0.00943. The molecule has 4 heteroatoms. The molecule has 0 radical (unpaired) electrons. The third kappa shape index (κ3) is 3.18. The molecule has 0 aromatic heterocycles. The van der Waals surface area contributed by atoms with Crippen molar-refractivity contribution in [3.8, 4) is 5.75 Å². The maximum absolute atomic E-state index is 12.9. The van der Waals surface area contributed by atoms with Crippen molar-refractivity contribution in [2.45, 2.75) is 19.4 Å². The Labute approximate surface area is 94.3 Å². The second-order valence-corrected chi connectivity index (χ2v) is 4.03. The molecular weight excluding hydrogens is 209 g/mol. The highest BCUT2D eigenvalue weighted by Crippen LogP contribution is 2.28. The lowest BCUT2D eigenvalue weighted by atomic mass is 10.2. The minimum Gasteiger partial charge on any atom is -0.467 e. The van der Waals surface area contributed by atoms with E-state index in [1.165, 1.54) is 25.0 Å². The van der Waals surface area contributed by atoms with Gasteiger partial charge in [0.15, 0.2) is 6.79 Å². The van der Waals surface area contributed by atoms with E-state index in [-0.39, 0.29) is 19.2 Å². The van der Waals surface area contributed by atoms with Crippen molar-refractivity contribution in [1.29, 1.82) is 0 Å². The van der Waals surface area contributed by atoms with Gasteiger partial charge < -0.3 is 15.2 Å². The quantitative estimate of drug-likeness (QED) is 0.595. The molecule has 16 heavy (non-hydrogen) atoms. The van der Waals surface area contributed by atoms with Crippen LogP contribution in [0.3, 0.4) is 0 Å². The Kier molecular flexibility index (Phi) is 3.74. The first-order chi connectivity index (χ1) is 7.79. The predicted molar refractivity (Wildman–Crippen MR) is 58.5 cm³/mol. The molecule has 1 aromatic carbocycles. The van der Waals surface area contributed by atoms with Gasteiger partial charge in [0.25, 0.3) is 0 Å². The summed E-state index contributed by atoms with van der Waals surface area (Å²) in [6, 6.07) is 4.32. The lowest BCUT2D eigenvalue weighted by Gasteiger charge is -2.10. The molecule has 1 fully saturated rings. The highest BCUT2D eigenvalue weighted by atomic mass is 19.1. The van der Waals surface area contributed by atoms with Crippen molar-refractivity contribution in [3.63, 3.8) is 0 Å². The summed E-state index contributed by atoms with van der Waals surface area (Å²) in [4.78, 5) is 0. The lowest BCUT2D eigenvalue weighted by Crippen LogP contribution is -2.08. The van der Waals surface area contributed by atoms with Crippen molar-refractivity contribution in [1.82, 2.24) is 0 Å². The Morgan fingerprint density at radius 3 is 2.88 bits per heavy atom. The second kappa shape index (κ2) is 5.27. The van der Waals surface area contributed by atoms with Crippen LogP contribution in [0.5, 0.6) is 5.75 Å². The number of hydrogen-bond acceptors (Lipinski definition) is 3. The fraction of sp³-hybridized carbons (Fsp3) is 0.500. The smallest absolute Gasteiger partial charge is 0.189 e. The van der Waals surface area contributed by atoms with E-state index in [2.05, 4.69) is 0 Å². The summed E-state index contributed by atoms with van der Waals surface area (Å²) in [5, 5.41) is 0. The average molecular weight is 225 g/mol. The van der Waals surface area contributed by atoms with Crippen LogP contribution in [0.2, 0.25) is 0 Å². The Hall–Kier alpha value is -1.13. The SMILES string of the molecule is NCc1cc(F)ccc1OCOCC1CC1. The second-order valence-electron chi connectivity index (χ2n) is 4.03. The molecule has 0 saturated heterocycles. The van der Waals surface area contributed by atoms with Gasteiger partial charge >= 0.3 is 0 Å². The summed E-state index contributed by atoms with van der Waals surface area (Å²) in [6.07, 6.45) is 2.51. The van der Waals surface area contributed by atoms with E-state index in [0.29, 0.717) is 17.2 Å². The van der Waals surface area contributed by atoms with E-state index in [9.17, 15) is 4.39 Å². The molecule has 88 valence electrons. The van der Waals surface area contributed by atoms with E-state index in [1.54, 1.807) is 6.07 Å². The Morgan fingerprint density at radius 2 is 2.19 bits per heavy atom. The first kappa shape index (κ1) is 11.4. The van der Waals surface area contributed by atoms with Crippen LogP contribution in [0.15, 0.2) is 18.2 Å². The third-order valence-corrected chi connectivity index (χ3v) is 2.59. The molecule has 3 nitrogen and oxygen atoms in total. The molecule has 0 atom stereocenters. The average Bonchev–Trinajstić information content (AvgIpc) is 3.09. The van der Waals surface area contributed by atoms with Crippen molar-refractivity contribution >= 4 is 0 Å². The Bertz CT molecular complexity index is 353. The summed E-state index contributed by atoms with van der Waals surface area (Å²) < 4.78 is 23.6. The molecule has 0 heterocycles. The minimum absolute atomic E-state index is 0.204.